The van der Waals surface area contributed by atoms with E-state index >= 15 is 0 Å². The third-order valence-electron chi connectivity index (χ3n) is 2.62. The van der Waals surface area contributed by atoms with Crippen LogP contribution in [-0.4, -0.2) is 12.7 Å². The van der Waals surface area contributed by atoms with Crippen molar-refractivity contribution in [1.29, 1.82) is 0 Å². The predicted molar refractivity (Wildman–Crippen MR) is 68.5 cm³/mol. The van der Waals surface area contributed by atoms with Crippen molar-refractivity contribution in [2.75, 3.05) is 6.79 Å². The third kappa shape index (κ3) is 3.39. The fraction of sp³-hybridized carbons (Fsp3) is 0.500. The zero-order valence-electron chi connectivity index (χ0n) is 11.1. The van der Waals surface area contributed by atoms with E-state index < -0.39 is 0 Å². The molecule has 1 aliphatic rings. The Hall–Kier alpha value is -1.71. The summed E-state index contributed by atoms with van der Waals surface area (Å²) in [6.45, 7) is 6.94. The number of benzene rings is 1. The van der Waals surface area contributed by atoms with Crippen LogP contribution in [0.15, 0.2) is 18.2 Å². The molecule has 0 bridgehead atoms. The lowest BCUT2D eigenvalue weighted by Gasteiger charge is -2.17. The number of ether oxygens (including phenoxy) is 2. The number of nitrogens with one attached hydrogen (secondary N) is 1. The van der Waals surface area contributed by atoms with Gasteiger partial charge in [-0.1, -0.05) is 26.8 Å². The number of hydrogen-bond donors (Lipinski definition) is 1. The van der Waals surface area contributed by atoms with Crippen LogP contribution in [-0.2, 0) is 11.3 Å². The number of amides is 1. The van der Waals surface area contributed by atoms with Gasteiger partial charge in [-0.3, -0.25) is 4.79 Å². The van der Waals surface area contributed by atoms with Gasteiger partial charge in [0.2, 0.25) is 12.7 Å². The minimum atomic E-state index is 0.0129. The Bertz CT molecular complexity index is 449. The quantitative estimate of drug-likeness (QED) is 0.895. The number of fused-ring (bicyclic) bond motifs is 1. The first-order chi connectivity index (χ1) is 8.44. The molecule has 1 aromatic carbocycles. The summed E-state index contributed by atoms with van der Waals surface area (Å²) < 4.78 is 10.5. The summed E-state index contributed by atoms with van der Waals surface area (Å²) in [7, 11) is 0. The maximum atomic E-state index is 11.7. The van der Waals surface area contributed by atoms with Crippen molar-refractivity contribution in [3.05, 3.63) is 23.8 Å². The second-order valence-electron chi connectivity index (χ2n) is 5.70. The Morgan fingerprint density at radius 1 is 1.28 bits per heavy atom. The van der Waals surface area contributed by atoms with E-state index in [2.05, 4.69) is 5.32 Å². The van der Waals surface area contributed by atoms with Gasteiger partial charge >= 0.3 is 0 Å². The van der Waals surface area contributed by atoms with Crippen molar-refractivity contribution < 1.29 is 14.3 Å². The first-order valence-electron chi connectivity index (χ1n) is 6.09. The summed E-state index contributed by atoms with van der Waals surface area (Å²) in [5.74, 6) is 1.58. The molecule has 0 unspecified atom stereocenters. The van der Waals surface area contributed by atoms with Crippen LogP contribution in [0.4, 0.5) is 0 Å². The molecule has 0 spiro atoms. The largest absolute Gasteiger partial charge is 0.454 e. The maximum Gasteiger partial charge on any atom is 0.231 e. The molecule has 18 heavy (non-hydrogen) atoms. The highest BCUT2D eigenvalue weighted by molar-refractivity contribution is 5.76. The molecule has 0 saturated carbocycles. The van der Waals surface area contributed by atoms with E-state index in [4.69, 9.17) is 9.47 Å². The van der Waals surface area contributed by atoms with Gasteiger partial charge in [-0.05, 0) is 23.1 Å². The highest BCUT2D eigenvalue weighted by Gasteiger charge is 2.16. The molecule has 4 nitrogen and oxygen atoms in total. The first kappa shape index (κ1) is 12.7. The molecule has 0 saturated heterocycles. The predicted octanol–water partition coefficient (Wildman–Crippen LogP) is 2.47. The molecule has 0 aromatic heterocycles. The van der Waals surface area contributed by atoms with Gasteiger partial charge in [-0.2, -0.15) is 0 Å². The zero-order chi connectivity index (χ0) is 13.2. The molecular formula is C14H19NO3. The lowest BCUT2D eigenvalue weighted by molar-refractivity contribution is -0.122. The summed E-state index contributed by atoms with van der Waals surface area (Å²) >= 11 is 0. The van der Waals surface area contributed by atoms with Crippen LogP contribution >= 0.6 is 0 Å². The van der Waals surface area contributed by atoms with E-state index in [1.165, 1.54) is 0 Å². The van der Waals surface area contributed by atoms with Crippen LogP contribution in [0.5, 0.6) is 11.5 Å². The Kier molecular flexibility index (Phi) is 3.45. The van der Waals surface area contributed by atoms with Crippen LogP contribution < -0.4 is 14.8 Å². The molecule has 0 atom stereocenters. The molecule has 1 aromatic rings. The SMILES string of the molecule is CC(C)(C)CC(=O)NCc1ccc2c(c1)OCO2. The van der Waals surface area contributed by atoms with Gasteiger partial charge in [0.1, 0.15) is 0 Å². The van der Waals surface area contributed by atoms with Gasteiger partial charge in [0.15, 0.2) is 11.5 Å². The van der Waals surface area contributed by atoms with E-state index in [1.54, 1.807) is 0 Å². The number of carbonyl (C=O) groups excluding carboxylic acids is 1. The highest BCUT2D eigenvalue weighted by Crippen LogP contribution is 2.32. The summed E-state index contributed by atoms with van der Waals surface area (Å²) in [5.41, 5.74) is 1.03. The van der Waals surface area contributed by atoms with E-state index in [-0.39, 0.29) is 18.1 Å². The fourth-order valence-corrected chi connectivity index (χ4v) is 1.80. The third-order valence-corrected chi connectivity index (χ3v) is 2.62. The fourth-order valence-electron chi connectivity index (χ4n) is 1.80. The Balaban J connectivity index is 1.89. The standard InChI is InChI=1S/C14H19NO3/c1-14(2,3)7-13(16)15-8-10-4-5-11-12(6-10)18-9-17-11/h4-6H,7-9H2,1-3H3,(H,15,16). The monoisotopic (exact) mass is 249 g/mol. The zero-order valence-corrected chi connectivity index (χ0v) is 11.1. The molecule has 1 aliphatic heterocycles. The molecule has 1 heterocycles. The molecular weight excluding hydrogens is 230 g/mol. The van der Waals surface area contributed by atoms with Crippen molar-refractivity contribution in [1.82, 2.24) is 5.32 Å². The van der Waals surface area contributed by atoms with Gasteiger partial charge in [0.05, 0.1) is 0 Å². The average molecular weight is 249 g/mol. The lowest BCUT2D eigenvalue weighted by Crippen LogP contribution is -2.27. The summed E-state index contributed by atoms with van der Waals surface area (Å²) in [5, 5.41) is 2.91. The van der Waals surface area contributed by atoms with Gasteiger partial charge in [0, 0.05) is 13.0 Å². The second kappa shape index (κ2) is 4.88. The van der Waals surface area contributed by atoms with Crippen molar-refractivity contribution in [2.45, 2.75) is 33.7 Å². The van der Waals surface area contributed by atoms with E-state index in [9.17, 15) is 4.79 Å². The van der Waals surface area contributed by atoms with Crippen molar-refractivity contribution in [3.63, 3.8) is 0 Å². The van der Waals surface area contributed by atoms with Crippen molar-refractivity contribution in [2.24, 2.45) is 5.41 Å². The smallest absolute Gasteiger partial charge is 0.231 e. The van der Waals surface area contributed by atoms with E-state index in [0.717, 1.165) is 17.1 Å². The second-order valence-corrected chi connectivity index (χ2v) is 5.70. The molecule has 2 rings (SSSR count). The molecule has 98 valence electrons. The van der Waals surface area contributed by atoms with Crippen LogP contribution in [0.3, 0.4) is 0 Å². The molecule has 0 radical (unpaired) electrons. The topological polar surface area (TPSA) is 47.6 Å². The Morgan fingerprint density at radius 2 is 2.00 bits per heavy atom. The van der Waals surface area contributed by atoms with Crippen LogP contribution in [0.2, 0.25) is 0 Å². The average Bonchev–Trinajstić information content (AvgIpc) is 2.71. The molecule has 0 aliphatic carbocycles. The lowest BCUT2D eigenvalue weighted by atomic mass is 9.92. The normalized spacial score (nSPS) is 13.5. The molecule has 1 N–H and O–H groups in total. The summed E-state index contributed by atoms with van der Waals surface area (Å²) in [6.07, 6.45) is 0.525. The highest BCUT2D eigenvalue weighted by atomic mass is 16.7. The number of carbonyl (C=O) groups is 1. The maximum absolute atomic E-state index is 11.7. The van der Waals surface area contributed by atoms with E-state index in [0.29, 0.717) is 13.0 Å². The van der Waals surface area contributed by atoms with Gasteiger partial charge < -0.3 is 14.8 Å². The van der Waals surface area contributed by atoms with Crippen molar-refractivity contribution in [3.8, 4) is 11.5 Å². The van der Waals surface area contributed by atoms with Gasteiger partial charge in [-0.15, -0.1) is 0 Å². The minimum Gasteiger partial charge on any atom is -0.454 e. The van der Waals surface area contributed by atoms with E-state index in [1.807, 2.05) is 39.0 Å². The van der Waals surface area contributed by atoms with Crippen molar-refractivity contribution >= 4 is 5.91 Å². The number of rotatable bonds is 3. The molecule has 4 heteroatoms. The van der Waals surface area contributed by atoms with Crippen LogP contribution in [0, 0.1) is 5.41 Å². The molecule has 1 amide bonds. The van der Waals surface area contributed by atoms with Crippen LogP contribution in [0.25, 0.3) is 0 Å². The van der Waals surface area contributed by atoms with Gasteiger partial charge in [0.25, 0.3) is 0 Å². The summed E-state index contributed by atoms with van der Waals surface area (Å²) in [4.78, 5) is 11.7. The summed E-state index contributed by atoms with van der Waals surface area (Å²) in [6, 6.07) is 5.71. The number of hydrogen-bond acceptors (Lipinski definition) is 3. The van der Waals surface area contributed by atoms with Gasteiger partial charge in [-0.25, -0.2) is 0 Å². The van der Waals surface area contributed by atoms with Crippen LogP contribution in [0.1, 0.15) is 32.8 Å². The first-order valence-corrected chi connectivity index (χ1v) is 6.09. The Labute approximate surface area is 107 Å². The Morgan fingerprint density at radius 3 is 2.72 bits per heavy atom. The molecule has 0 fully saturated rings. The minimum absolute atomic E-state index is 0.0129.